The summed E-state index contributed by atoms with van der Waals surface area (Å²) in [4.78, 5) is 0. The molecule has 0 aliphatic rings. The quantitative estimate of drug-likeness (QED) is 0.496. The standard InChI is InChI=1S/C13H8Br3Cl2N/c14-8-3-10(15)13(11(16)4-8)19-6-7-1-2-9(17)5-12(7)18/h1-5,19H,6H2. The van der Waals surface area contributed by atoms with Gasteiger partial charge in [0.05, 0.1) is 5.69 Å². The van der Waals surface area contributed by atoms with Crippen LogP contribution in [0.5, 0.6) is 0 Å². The van der Waals surface area contributed by atoms with Crippen LogP contribution in [0.25, 0.3) is 0 Å². The second-order valence-electron chi connectivity index (χ2n) is 3.83. The van der Waals surface area contributed by atoms with Crippen molar-refractivity contribution in [1.82, 2.24) is 0 Å². The van der Waals surface area contributed by atoms with Gasteiger partial charge in [0, 0.05) is 30.0 Å². The highest BCUT2D eigenvalue weighted by molar-refractivity contribution is 9.11. The van der Waals surface area contributed by atoms with Gasteiger partial charge in [0.1, 0.15) is 0 Å². The van der Waals surface area contributed by atoms with Gasteiger partial charge in [-0.3, -0.25) is 0 Å². The van der Waals surface area contributed by atoms with Crippen LogP contribution in [0, 0.1) is 0 Å². The van der Waals surface area contributed by atoms with Gasteiger partial charge in [-0.15, -0.1) is 0 Å². The Bertz CT molecular complexity index is 594. The lowest BCUT2D eigenvalue weighted by molar-refractivity contribution is 1.14. The fraction of sp³-hybridized carbons (Fsp3) is 0.0769. The lowest BCUT2D eigenvalue weighted by Gasteiger charge is -2.12. The smallest absolute Gasteiger partial charge is 0.0632 e. The molecule has 2 aromatic carbocycles. The maximum atomic E-state index is 6.15. The van der Waals surface area contributed by atoms with Gasteiger partial charge in [-0.25, -0.2) is 0 Å². The number of hydrogen-bond donors (Lipinski definition) is 1. The zero-order chi connectivity index (χ0) is 14.0. The van der Waals surface area contributed by atoms with Crippen molar-refractivity contribution in [2.24, 2.45) is 0 Å². The summed E-state index contributed by atoms with van der Waals surface area (Å²) < 4.78 is 2.94. The van der Waals surface area contributed by atoms with Crippen LogP contribution in [0.2, 0.25) is 10.0 Å². The molecule has 0 spiro atoms. The molecule has 0 bridgehead atoms. The molecule has 2 rings (SSSR count). The molecule has 19 heavy (non-hydrogen) atoms. The highest BCUT2D eigenvalue weighted by Gasteiger charge is 2.08. The van der Waals surface area contributed by atoms with Crippen molar-refractivity contribution in [3.63, 3.8) is 0 Å². The highest BCUT2D eigenvalue weighted by atomic mass is 79.9. The minimum Gasteiger partial charge on any atom is -0.379 e. The molecule has 0 amide bonds. The summed E-state index contributed by atoms with van der Waals surface area (Å²) in [6.45, 7) is 0.620. The van der Waals surface area contributed by atoms with E-state index in [1.165, 1.54) is 0 Å². The largest absolute Gasteiger partial charge is 0.379 e. The average Bonchev–Trinajstić information content (AvgIpc) is 2.30. The molecule has 0 aliphatic carbocycles. The molecule has 0 radical (unpaired) electrons. The Morgan fingerprint density at radius 2 is 1.58 bits per heavy atom. The summed E-state index contributed by atoms with van der Waals surface area (Å²) >= 11 is 22.5. The number of hydrogen-bond acceptors (Lipinski definition) is 1. The summed E-state index contributed by atoms with van der Waals surface area (Å²) in [5.41, 5.74) is 1.97. The van der Waals surface area contributed by atoms with E-state index in [2.05, 4.69) is 53.1 Å². The van der Waals surface area contributed by atoms with E-state index in [9.17, 15) is 0 Å². The Morgan fingerprint density at radius 1 is 0.947 bits per heavy atom. The number of rotatable bonds is 3. The topological polar surface area (TPSA) is 12.0 Å². The molecule has 100 valence electrons. The molecular weight excluding hydrogens is 481 g/mol. The van der Waals surface area contributed by atoms with Gasteiger partial charge in [0.25, 0.3) is 0 Å². The lowest BCUT2D eigenvalue weighted by atomic mass is 10.2. The second-order valence-corrected chi connectivity index (χ2v) is 7.30. The van der Waals surface area contributed by atoms with E-state index < -0.39 is 0 Å². The van der Waals surface area contributed by atoms with E-state index in [-0.39, 0.29) is 0 Å². The molecule has 0 aliphatic heterocycles. The van der Waals surface area contributed by atoms with Crippen LogP contribution >= 0.6 is 71.0 Å². The van der Waals surface area contributed by atoms with Gasteiger partial charge >= 0.3 is 0 Å². The number of halogens is 5. The summed E-state index contributed by atoms with van der Waals surface area (Å²) in [5, 5.41) is 4.64. The van der Waals surface area contributed by atoms with Gasteiger partial charge < -0.3 is 5.32 Å². The first-order chi connectivity index (χ1) is 8.97. The Kier molecular flexibility index (Phi) is 5.61. The van der Waals surface area contributed by atoms with Crippen molar-refractivity contribution in [3.05, 3.63) is 59.4 Å². The van der Waals surface area contributed by atoms with Crippen LogP contribution in [0.3, 0.4) is 0 Å². The zero-order valence-electron chi connectivity index (χ0n) is 9.48. The summed E-state index contributed by atoms with van der Waals surface area (Å²) in [7, 11) is 0. The van der Waals surface area contributed by atoms with Crippen molar-refractivity contribution in [1.29, 1.82) is 0 Å². The molecule has 0 unspecified atom stereocenters. The van der Waals surface area contributed by atoms with E-state index >= 15 is 0 Å². The fourth-order valence-corrected chi connectivity index (χ4v) is 4.57. The third-order valence-electron chi connectivity index (χ3n) is 2.48. The molecule has 0 fully saturated rings. The molecule has 0 heterocycles. The number of benzene rings is 2. The minimum atomic E-state index is 0.620. The third kappa shape index (κ3) is 4.11. The molecule has 0 aromatic heterocycles. The van der Waals surface area contributed by atoms with Crippen molar-refractivity contribution >= 4 is 76.7 Å². The molecular formula is C13H8Br3Cl2N. The van der Waals surface area contributed by atoms with Crippen molar-refractivity contribution < 1.29 is 0 Å². The predicted octanol–water partition coefficient (Wildman–Crippen LogP) is 6.89. The van der Waals surface area contributed by atoms with Crippen molar-refractivity contribution in [2.75, 3.05) is 5.32 Å². The number of nitrogens with one attached hydrogen (secondary N) is 1. The first-order valence-corrected chi connectivity index (χ1v) is 8.43. The SMILES string of the molecule is Clc1ccc(CNc2c(Br)cc(Br)cc2Br)c(Cl)c1. The predicted molar refractivity (Wildman–Crippen MR) is 93.3 cm³/mol. The van der Waals surface area contributed by atoms with Crippen LogP contribution < -0.4 is 5.32 Å². The van der Waals surface area contributed by atoms with E-state index in [1.807, 2.05) is 24.3 Å². The molecule has 0 atom stereocenters. The monoisotopic (exact) mass is 485 g/mol. The van der Waals surface area contributed by atoms with Gasteiger partial charge in [0.2, 0.25) is 0 Å². The van der Waals surface area contributed by atoms with Crippen molar-refractivity contribution in [2.45, 2.75) is 6.54 Å². The van der Waals surface area contributed by atoms with Crippen molar-refractivity contribution in [3.8, 4) is 0 Å². The minimum absolute atomic E-state index is 0.620. The zero-order valence-corrected chi connectivity index (χ0v) is 15.8. The summed E-state index contributed by atoms with van der Waals surface area (Å²) in [6, 6.07) is 9.45. The van der Waals surface area contributed by atoms with Crippen LogP contribution in [-0.4, -0.2) is 0 Å². The molecule has 1 N–H and O–H groups in total. The summed E-state index contributed by atoms with van der Waals surface area (Å²) in [5.74, 6) is 0. The van der Waals surface area contributed by atoms with E-state index in [4.69, 9.17) is 23.2 Å². The maximum Gasteiger partial charge on any atom is 0.0632 e. The second kappa shape index (κ2) is 6.81. The normalized spacial score (nSPS) is 10.6. The molecule has 0 saturated heterocycles. The van der Waals surface area contributed by atoms with Crippen LogP contribution in [0.4, 0.5) is 5.69 Å². The summed E-state index contributed by atoms with van der Waals surface area (Å²) in [6.07, 6.45) is 0. The average molecular weight is 489 g/mol. The number of anilines is 1. The Labute approximate surface area is 147 Å². The van der Waals surface area contributed by atoms with Gasteiger partial charge in [-0.2, -0.15) is 0 Å². The first-order valence-electron chi connectivity index (χ1n) is 5.29. The highest BCUT2D eigenvalue weighted by Crippen LogP contribution is 2.35. The Hall–Kier alpha value is 0.260. The fourth-order valence-electron chi connectivity index (χ4n) is 1.56. The molecule has 0 saturated carbocycles. The maximum absolute atomic E-state index is 6.15. The van der Waals surface area contributed by atoms with Crippen LogP contribution in [0.1, 0.15) is 5.56 Å². The lowest BCUT2D eigenvalue weighted by Crippen LogP contribution is -2.01. The first kappa shape index (κ1) is 15.6. The van der Waals surface area contributed by atoms with Gasteiger partial charge in [0.15, 0.2) is 0 Å². The van der Waals surface area contributed by atoms with E-state index in [0.29, 0.717) is 16.6 Å². The van der Waals surface area contributed by atoms with Crippen LogP contribution in [0.15, 0.2) is 43.7 Å². The molecule has 6 heteroatoms. The van der Waals surface area contributed by atoms with Gasteiger partial charge in [-0.05, 0) is 61.7 Å². The third-order valence-corrected chi connectivity index (χ3v) is 4.77. The Morgan fingerprint density at radius 3 is 2.16 bits per heavy atom. The van der Waals surface area contributed by atoms with Gasteiger partial charge in [-0.1, -0.05) is 45.2 Å². The van der Waals surface area contributed by atoms with Crippen LogP contribution in [-0.2, 0) is 6.54 Å². The molecule has 1 nitrogen and oxygen atoms in total. The molecule has 2 aromatic rings. The van der Waals surface area contributed by atoms with E-state index in [0.717, 1.165) is 24.7 Å². The Balaban J connectivity index is 2.19. The van der Waals surface area contributed by atoms with E-state index in [1.54, 1.807) is 6.07 Å².